The molecule has 0 unspecified atom stereocenters. The van der Waals surface area contributed by atoms with Gasteiger partial charge in [0.25, 0.3) is 0 Å². The molecule has 0 amide bonds. The Balaban J connectivity index is 2.72. The number of aliphatic hydroxyl groups excluding tert-OH is 1. The summed E-state index contributed by atoms with van der Waals surface area (Å²) in [4.78, 5) is 2.08. The van der Waals surface area contributed by atoms with Crippen LogP contribution in [0.1, 0.15) is 11.1 Å². The number of aliphatic hydroxyl groups is 1. The summed E-state index contributed by atoms with van der Waals surface area (Å²) in [6.07, 6.45) is 0. The van der Waals surface area contributed by atoms with Crippen LogP contribution in [0.4, 0.5) is 4.39 Å². The lowest BCUT2D eigenvalue weighted by molar-refractivity contribution is 0.158. The van der Waals surface area contributed by atoms with E-state index in [9.17, 15) is 4.39 Å². The van der Waals surface area contributed by atoms with Gasteiger partial charge in [0.05, 0.1) is 12.2 Å². The number of likely N-dealkylation sites (N-methyl/N-ethyl adjacent to an activating group) is 1. The minimum atomic E-state index is -0.362. The zero-order valence-corrected chi connectivity index (χ0v) is 10.7. The van der Waals surface area contributed by atoms with Crippen molar-refractivity contribution in [2.24, 2.45) is 0 Å². The summed E-state index contributed by atoms with van der Waals surface area (Å²) in [5.41, 5.74) is 1.30. The Labute approximate surface area is 107 Å². The molecule has 18 heavy (non-hydrogen) atoms. The average molecular weight is 251 g/mol. The van der Waals surface area contributed by atoms with Gasteiger partial charge in [-0.1, -0.05) is 17.9 Å². The van der Waals surface area contributed by atoms with Gasteiger partial charge in [0.2, 0.25) is 0 Å². The van der Waals surface area contributed by atoms with E-state index in [2.05, 4.69) is 16.7 Å². The van der Waals surface area contributed by atoms with Crippen molar-refractivity contribution in [2.45, 2.75) is 6.54 Å². The molecule has 1 aromatic rings. The van der Waals surface area contributed by atoms with Gasteiger partial charge < -0.3 is 9.84 Å². The van der Waals surface area contributed by atoms with Gasteiger partial charge in [0, 0.05) is 20.2 Å². The van der Waals surface area contributed by atoms with Gasteiger partial charge >= 0.3 is 0 Å². The highest BCUT2D eigenvalue weighted by Crippen LogP contribution is 2.11. The first-order chi connectivity index (χ1) is 8.67. The lowest BCUT2D eigenvalue weighted by Crippen LogP contribution is -2.22. The van der Waals surface area contributed by atoms with Gasteiger partial charge in [0.1, 0.15) is 12.4 Å². The summed E-state index contributed by atoms with van der Waals surface area (Å²) in [6.45, 7) is 1.91. The van der Waals surface area contributed by atoms with Crippen molar-refractivity contribution >= 4 is 0 Å². The van der Waals surface area contributed by atoms with Crippen LogP contribution < -0.4 is 0 Å². The molecule has 0 radical (unpaired) electrons. The summed E-state index contributed by atoms with van der Waals surface area (Å²) in [7, 11) is 3.63. The third kappa shape index (κ3) is 4.84. The van der Waals surface area contributed by atoms with Crippen molar-refractivity contribution in [3.63, 3.8) is 0 Å². The minimum absolute atomic E-state index is 0.266. The summed E-state index contributed by atoms with van der Waals surface area (Å²) in [5, 5.41) is 8.61. The molecule has 1 N–H and O–H groups in total. The SMILES string of the molecule is COCCN(C)Cc1ccc(F)c(C#CCO)c1. The molecule has 3 nitrogen and oxygen atoms in total. The fourth-order valence-electron chi connectivity index (χ4n) is 1.54. The Kier molecular flexibility index (Phi) is 6.37. The minimum Gasteiger partial charge on any atom is -0.384 e. The number of nitrogens with zero attached hydrogens (tertiary/aromatic N) is 1. The summed E-state index contributed by atoms with van der Waals surface area (Å²) in [5.74, 6) is 4.69. The third-order valence-corrected chi connectivity index (χ3v) is 2.46. The van der Waals surface area contributed by atoms with Crippen molar-refractivity contribution in [3.8, 4) is 11.8 Å². The number of ether oxygens (including phenoxy) is 1. The first-order valence-corrected chi connectivity index (χ1v) is 5.73. The number of rotatable bonds is 5. The molecule has 0 aliphatic carbocycles. The van der Waals surface area contributed by atoms with Gasteiger partial charge in [-0.2, -0.15) is 0 Å². The molecule has 0 heterocycles. The van der Waals surface area contributed by atoms with Crippen LogP contribution in [0.25, 0.3) is 0 Å². The van der Waals surface area contributed by atoms with E-state index >= 15 is 0 Å². The summed E-state index contributed by atoms with van der Waals surface area (Å²) < 4.78 is 18.4. The number of hydrogen-bond donors (Lipinski definition) is 1. The number of methoxy groups -OCH3 is 1. The lowest BCUT2D eigenvalue weighted by atomic mass is 10.1. The van der Waals surface area contributed by atoms with E-state index in [0.717, 1.165) is 12.1 Å². The molecule has 0 bridgehead atoms. The number of benzene rings is 1. The van der Waals surface area contributed by atoms with E-state index in [0.29, 0.717) is 18.7 Å². The Hall–Kier alpha value is -1.41. The maximum atomic E-state index is 13.4. The van der Waals surface area contributed by atoms with Gasteiger partial charge in [-0.3, -0.25) is 4.90 Å². The van der Waals surface area contributed by atoms with E-state index in [1.165, 1.54) is 6.07 Å². The van der Waals surface area contributed by atoms with E-state index in [-0.39, 0.29) is 12.4 Å². The van der Waals surface area contributed by atoms with Crippen molar-refractivity contribution in [1.29, 1.82) is 0 Å². The lowest BCUT2D eigenvalue weighted by Gasteiger charge is -2.16. The molecule has 1 rings (SSSR count). The molecule has 0 spiro atoms. The highest BCUT2D eigenvalue weighted by Gasteiger charge is 2.04. The van der Waals surface area contributed by atoms with Crippen LogP contribution in [-0.4, -0.2) is 43.9 Å². The quantitative estimate of drug-likeness (QED) is 0.799. The second-order valence-electron chi connectivity index (χ2n) is 4.00. The Morgan fingerprint density at radius 2 is 2.22 bits per heavy atom. The van der Waals surface area contributed by atoms with Crippen LogP contribution in [0.2, 0.25) is 0 Å². The first-order valence-electron chi connectivity index (χ1n) is 5.73. The van der Waals surface area contributed by atoms with E-state index in [1.54, 1.807) is 19.2 Å². The van der Waals surface area contributed by atoms with Crippen LogP contribution in [0, 0.1) is 17.7 Å². The molecular formula is C14H18FNO2. The van der Waals surface area contributed by atoms with E-state index in [1.807, 2.05) is 7.05 Å². The van der Waals surface area contributed by atoms with Crippen molar-refractivity contribution < 1.29 is 14.2 Å². The van der Waals surface area contributed by atoms with Crippen molar-refractivity contribution in [3.05, 3.63) is 35.1 Å². The van der Waals surface area contributed by atoms with Crippen molar-refractivity contribution in [2.75, 3.05) is 33.9 Å². The second kappa shape index (κ2) is 7.83. The molecule has 0 atom stereocenters. The largest absolute Gasteiger partial charge is 0.384 e. The highest BCUT2D eigenvalue weighted by atomic mass is 19.1. The molecule has 1 aromatic carbocycles. The third-order valence-electron chi connectivity index (χ3n) is 2.46. The standard InChI is InChI=1S/C14H18FNO2/c1-16(7-9-18-2)11-12-5-6-14(15)13(10-12)4-3-8-17/h5-6,10,17H,7-9,11H2,1-2H3. The topological polar surface area (TPSA) is 32.7 Å². The maximum Gasteiger partial charge on any atom is 0.138 e. The van der Waals surface area contributed by atoms with Gasteiger partial charge in [-0.15, -0.1) is 0 Å². The fourth-order valence-corrected chi connectivity index (χ4v) is 1.54. The van der Waals surface area contributed by atoms with E-state index in [4.69, 9.17) is 9.84 Å². The molecule has 0 fully saturated rings. The van der Waals surface area contributed by atoms with Crippen LogP contribution in [0.5, 0.6) is 0 Å². The van der Waals surface area contributed by atoms with E-state index < -0.39 is 0 Å². The zero-order chi connectivity index (χ0) is 13.4. The van der Waals surface area contributed by atoms with Crippen LogP contribution in [0.3, 0.4) is 0 Å². The molecule has 4 heteroatoms. The monoisotopic (exact) mass is 251 g/mol. The average Bonchev–Trinajstić information content (AvgIpc) is 2.37. The normalized spacial score (nSPS) is 10.3. The summed E-state index contributed by atoms with van der Waals surface area (Å²) >= 11 is 0. The van der Waals surface area contributed by atoms with Crippen LogP contribution in [0.15, 0.2) is 18.2 Å². The van der Waals surface area contributed by atoms with Gasteiger partial charge in [0.15, 0.2) is 0 Å². The Morgan fingerprint density at radius 3 is 2.89 bits per heavy atom. The molecule has 0 aliphatic heterocycles. The van der Waals surface area contributed by atoms with Gasteiger partial charge in [-0.05, 0) is 24.7 Å². The van der Waals surface area contributed by atoms with Crippen LogP contribution >= 0.6 is 0 Å². The second-order valence-corrected chi connectivity index (χ2v) is 4.00. The maximum absolute atomic E-state index is 13.4. The molecule has 0 saturated carbocycles. The molecular weight excluding hydrogens is 233 g/mol. The summed E-state index contributed by atoms with van der Waals surface area (Å²) in [6, 6.07) is 4.85. The Bertz CT molecular complexity index is 437. The fraction of sp³-hybridized carbons (Fsp3) is 0.429. The number of hydrogen-bond acceptors (Lipinski definition) is 3. The zero-order valence-electron chi connectivity index (χ0n) is 10.7. The molecule has 0 aromatic heterocycles. The predicted octanol–water partition coefficient (Wildman–Crippen LogP) is 1.25. The molecule has 0 saturated heterocycles. The highest BCUT2D eigenvalue weighted by molar-refractivity contribution is 5.38. The smallest absolute Gasteiger partial charge is 0.138 e. The first kappa shape index (κ1) is 14.7. The molecule has 98 valence electrons. The molecule has 0 aliphatic rings. The Morgan fingerprint density at radius 1 is 1.44 bits per heavy atom. The number of halogens is 1. The van der Waals surface area contributed by atoms with Crippen LogP contribution in [-0.2, 0) is 11.3 Å². The predicted molar refractivity (Wildman–Crippen MR) is 68.6 cm³/mol. The van der Waals surface area contributed by atoms with Crippen molar-refractivity contribution in [1.82, 2.24) is 4.90 Å². The van der Waals surface area contributed by atoms with Gasteiger partial charge in [-0.25, -0.2) is 4.39 Å².